The molecule has 0 amide bonds. The average molecular weight is 183 g/mol. The Hall–Kier alpha value is -0.860. The highest BCUT2D eigenvalue weighted by Gasteiger charge is 1.98. The zero-order valence-corrected chi connectivity index (χ0v) is 8.87. The van der Waals surface area contributed by atoms with E-state index in [0.717, 1.165) is 13.1 Å². The van der Waals surface area contributed by atoms with E-state index < -0.39 is 0 Å². The Bertz CT molecular complexity index is 135. The predicted octanol–water partition coefficient (Wildman–Crippen LogP) is 3.40. The van der Waals surface area contributed by atoms with Crippen LogP contribution >= 0.6 is 0 Å². The van der Waals surface area contributed by atoms with Crippen LogP contribution in [0.5, 0.6) is 0 Å². The van der Waals surface area contributed by atoms with Crippen molar-refractivity contribution in [3.8, 4) is 0 Å². The molecule has 0 heterocycles. The standard InChI is InChI=1S/C10H21N3/c1-4-7-9-13(10-8-5-2)12-11-6-3/h6H,3-5,7-10H2,1-2H3. The third-order valence-electron chi connectivity index (χ3n) is 1.80. The monoisotopic (exact) mass is 183 g/mol. The van der Waals surface area contributed by atoms with Gasteiger partial charge in [-0.1, -0.05) is 38.5 Å². The molecule has 0 spiro atoms. The summed E-state index contributed by atoms with van der Waals surface area (Å²) in [5, 5.41) is 9.87. The quantitative estimate of drug-likeness (QED) is 0.418. The highest BCUT2D eigenvalue weighted by Crippen LogP contribution is 2.00. The zero-order chi connectivity index (χ0) is 9.94. The molecule has 0 aromatic carbocycles. The first-order valence-electron chi connectivity index (χ1n) is 5.11. The largest absolute Gasteiger partial charge is 0.278 e. The van der Waals surface area contributed by atoms with E-state index in [2.05, 4.69) is 30.8 Å². The van der Waals surface area contributed by atoms with E-state index in [9.17, 15) is 0 Å². The van der Waals surface area contributed by atoms with Crippen molar-refractivity contribution in [3.63, 3.8) is 0 Å². The molecule has 0 aliphatic heterocycles. The fourth-order valence-electron chi connectivity index (χ4n) is 0.992. The average Bonchev–Trinajstić information content (AvgIpc) is 2.17. The van der Waals surface area contributed by atoms with Crippen molar-refractivity contribution < 1.29 is 0 Å². The lowest BCUT2D eigenvalue weighted by Gasteiger charge is -2.16. The molecule has 0 saturated carbocycles. The van der Waals surface area contributed by atoms with Gasteiger partial charge in [0.15, 0.2) is 0 Å². The van der Waals surface area contributed by atoms with Crippen LogP contribution < -0.4 is 0 Å². The van der Waals surface area contributed by atoms with E-state index in [1.165, 1.54) is 31.9 Å². The smallest absolute Gasteiger partial charge is 0.0441 e. The topological polar surface area (TPSA) is 28.0 Å². The van der Waals surface area contributed by atoms with Crippen LogP contribution in [0, 0.1) is 0 Å². The fraction of sp³-hybridized carbons (Fsp3) is 0.800. The van der Waals surface area contributed by atoms with Crippen molar-refractivity contribution in [3.05, 3.63) is 12.8 Å². The molecule has 0 N–H and O–H groups in total. The number of nitrogens with zero attached hydrogens (tertiary/aromatic N) is 3. The summed E-state index contributed by atoms with van der Waals surface area (Å²) in [6.45, 7) is 9.89. The van der Waals surface area contributed by atoms with Crippen LogP contribution in [0.3, 0.4) is 0 Å². The second-order valence-corrected chi connectivity index (χ2v) is 3.05. The Morgan fingerprint density at radius 3 is 2.08 bits per heavy atom. The van der Waals surface area contributed by atoms with Crippen LogP contribution in [0.15, 0.2) is 23.1 Å². The number of unbranched alkanes of at least 4 members (excludes halogenated alkanes) is 2. The lowest BCUT2D eigenvalue weighted by molar-refractivity contribution is 0.261. The van der Waals surface area contributed by atoms with Gasteiger partial charge in [0.1, 0.15) is 0 Å². The molecular formula is C10H21N3. The van der Waals surface area contributed by atoms with Gasteiger partial charge in [0.05, 0.1) is 0 Å². The minimum atomic E-state index is 1.01. The summed E-state index contributed by atoms with van der Waals surface area (Å²) in [5.74, 6) is 0. The van der Waals surface area contributed by atoms with Crippen LogP contribution in [0.1, 0.15) is 39.5 Å². The van der Waals surface area contributed by atoms with Gasteiger partial charge in [0.2, 0.25) is 0 Å². The molecule has 0 unspecified atom stereocenters. The summed E-state index contributed by atoms with van der Waals surface area (Å²) in [6, 6.07) is 0. The van der Waals surface area contributed by atoms with E-state index in [1.54, 1.807) is 0 Å². The SMILES string of the molecule is C=CN=NN(CCCC)CCCC. The highest BCUT2D eigenvalue weighted by molar-refractivity contribution is 4.58. The van der Waals surface area contributed by atoms with Crippen LogP contribution in [-0.4, -0.2) is 18.1 Å². The normalized spacial score (nSPS) is 10.6. The lowest BCUT2D eigenvalue weighted by atomic mass is 10.3. The van der Waals surface area contributed by atoms with Gasteiger partial charge in [-0.15, -0.1) is 5.11 Å². The molecule has 0 radical (unpaired) electrons. The molecule has 0 rings (SSSR count). The zero-order valence-electron chi connectivity index (χ0n) is 8.87. The number of hydrogen-bond acceptors (Lipinski definition) is 2. The molecule has 3 nitrogen and oxygen atoms in total. The summed E-state index contributed by atoms with van der Waals surface area (Å²) in [5.41, 5.74) is 0. The Labute approximate surface area is 81.5 Å². The van der Waals surface area contributed by atoms with Crippen molar-refractivity contribution in [1.29, 1.82) is 0 Å². The summed E-state index contributed by atoms with van der Waals surface area (Å²) in [4.78, 5) is 0. The van der Waals surface area contributed by atoms with Crippen LogP contribution in [0.2, 0.25) is 0 Å². The van der Waals surface area contributed by atoms with E-state index in [4.69, 9.17) is 0 Å². The van der Waals surface area contributed by atoms with Crippen LogP contribution in [0.25, 0.3) is 0 Å². The maximum absolute atomic E-state index is 4.06. The minimum absolute atomic E-state index is 1.01. The van der Waals surface area contributed by atoms with Crippen molar-refractivity contribution >= 4 is 0 Å². The van der Waals surface area contributed by atoms with Gasteiger partial charge in [-0.05, 0) is 12.8 Å². The van der Waals surface area contributed by atoms with Gasteiger partial charge in [0, 0.05) is 19.3 Å². The Balaban J connectivity index is 3.72. The predicted molar refractivity (Wildman–Crippen MR) is 56.4 cm³/mol. The molecule has 0 fully saturated rings. The van der Waals surface area contributed by atoms with Gasteiger partial charge in [-0.2, -0.15) is 0 Å². The Morgan fingerprint density at radius 1 is 1.15 bits per heavy atom. The lowest BCUT2D eigenvalue weighted by Crippen LogP contribution is -2.19. The molecule has 13 heavy (non-hydrogen) atoms. The molecule has 0 saturated heterocycles. The summed E-state index contributed by atoms with van der Waals surface area (Å²) in [7, 11) is 0. The van der Waals surface area contributed by atoms with Crippen molar-refractivity contribution in [2.45, 2.75) is 39.5 Å². The minimum Gasteiger partial charge on any atom is -0.278 e. The number of rotatable bonds is 8. The first-order chi connectivity index (χ1) is 6.35. The molecule has 0 aliphatic rings. The van der Waals surface area contributed by atoms with Gasteiger partial charge in [-0.3, -0.25) is 5.01 Å². The Kier molecular flexibility index (Phi) is 8.62. The van der Waals surface area contributed by atoms with E-state index in [0.29, 0.717) is 0 Å². The highest BCUT2D eigenvalue weighted by atomic mass is 15.5. The maximum Gasteiger partial charge on any atom is 0.0441 e. The molecule has 0 aliphatic carbocycles. The maximum atomic E-state index is 4.06. The third-order valence-corrected chi connectivity index (χ3v) is 1.80. The third kappa shape index (κ3) is 7.50. The Morgan fingerprint density at radius 2 is 1.69 bits per heavy atom. The molecule has 0 atom stereocenters. The fourth-order valence-corrected chi connectivity index (χ4v) is 0.992. The summed E-state index contributed by atoms with van der Waals surface area (Å²) < 4.78 is 0. The first kappa shape index (κ1) is 12.1. The van der Waals surface area contributed by atoms with Gasteiger partial charge >= 0.3 is 0 Å². The first-order valence-corrected chi connectivity index (χ1v) is 5.11. The van der Waals surface area contributed by atoms with E-state index in [1.807, 2.05) is 5.01 Å². The molecule has 76 valence electrons. The molecule has 0 aromatic heterocycles. The van der Waals surface area contributed by atoms with Gasteiger partial charge in [-0.25, -0.2) is 0 Å². The molecular weight excluding hydrogens is 162 g/mol. The molecule has 3 heteroatoms. The number of hydrogen-bond donors (Lipinski definition) is 0. The summed E-state index contributed by atoms with van der Waals surface area (Å²) in [6.07, 6.45) is 6.24. The summed E-state index contributed by atoms with van der Waals surface area (Å²) >= 11 is 0. The van der Waals surface area contributed by atoms with Gasteiger partial charge < -0.3 is 0 Å². The van der Waals surface area contributed by atoms with Gasteiger partial charge in [0.25, 0.3) is 0 Å². The van der Waals surface area contributed by atoms with Crippen molar-refractivity contribution in [1.82, 2.24) is 5.01 Å². The molecule has 0 aromatic rings. The second kappa shape index (κ2) is 9.23. The van der Waals surface area contributed by atoms with Crippen LogP contribution in [0.4, 0.5) is 0 Å². The van der Waals surface area contributed by atoms with E-state index in [-0.39, 0.29) is 0 Å². The van der Waals surface area contributed by atoms with E-state index >= 15 is 0 Å². The van der Waals surface area contributed by atoms with Crippen molar-refractivity contribution in [2.24, 2.45) is 10.3 Å². The second-order valence-electron chi connectivity index (χ2n) is 3.05. The van der Waals surface area contributed by atoms with Crippen molar-refractivity contribution in [2.75, 3.05) is 13.1 Å². The molecule has 0 bridgehead atoms. The van der Waals surface area contributed by atoms with Crippen LogP contribution in [-0.2, 0) is 0 Å².